The van der Waals surface area contributed by atoms with Gasteiger partial charge in [0, 0.05) is 38.9 Å². The molecule has 24 heavy (non-hydrogen) atoms. The summed E-state index contributed by atoms with van der Waals surface area (Å²) in [6.07, 6.45) is 7.64. The number of piperidine rings is 1. The third-order valence-corrected chi connectivity index (χ3v) is 5.42. The molecule has 0 radical (unpaired) electrons. The van der Waals surface area contributed by atoms with Gasteiger partial charge < -0.3 is 9.47 Å². The van der Waals surface area contributed by atoms with E-state index in [1.54, 1.807) is 17.7 Å². The lowest BCUT2D eigenvalue weighted by atomic mass is 9.89. The molecule has 5 nitrogen and oxygen atoms in total. The van der Waals surface area contributed by atoms with Gasteiger partial charge in [-0.1, -0.05) is 6.08 Å². The number of carbonyl (C=O) groups excluding carboxylic acids is 1. The summed E-state index contributed by atoms with van der Waals surface area (Å²) in [5, 5.41) is 0. The number of nitrogens with zero attached hydrogens (tertiary/aromatic N) is 3. The van der Waals surface area contributed by atoms with Crippen LogP contribution in [0.3, 0.4) is 0 Å². The number of pyridine rings is 1. The van der Waals surface area contributed by atoms with Crippen molar-refractivity contribution >= 4 is 5.91 Å². The van der Waals surface area contributed by atoms with Gasteiger partial charge in [0.25, 0.3) is 5.56 Å². The van der Waals surface area contributed by atoms with Gasteiger partial charge >= 0.3 is 0 Å². The summed E-state index contributed by atoms with van der Waals surface area (Å²) in [6.45, 7) is 7.16. The maximum atomic E-state index is 12.8. The number of rotatable bonds is 4. The molecule has 130 valence electrons. The van der Waals surface area contributed by atoms with Crippen molar-refractivity contribution in [1.29, 1.82) is 0 Å². The van der Waals surface area contributed by atoms with Gasteiger partial charge in [-0.25, -0.2) is 0 Å². The summed E-state index contributed by atoms with van der Waals surface area (Å²) in [7, 11) is 1.77. The van der Waals surface area contributed by atoms with Gasteiger partial charge in [0.05, 0.1) is 6.04 Å². The number of likely N-dealkylation sites (tertiary alicyclic amines) is 2. The Hall–Kier alpha value is -1.88. The molecular weight excluding hydrogens is 302 g/mol. The number of aryl methyl sites for hydroxylation is 1. The Balaban J connectivity index is 1.60. The zero-order valence-corrected chi connectivity index (χ0v) is 14.5. The molecule has 0 saturated carbocycles. The lowest BCUT2D eigenvalue weighted by molar-refractivity contribution is -0.136. The van der Waals surface area contributed by atoms with E-state index in [9.17, 15) is 9.59 Å². The van der Waals surface area contributed by atoms with E-state index in [0.717, 1.165) is 57.4 Å². The Labute approximate surface area is 143 Å². The zero-order chi connectivity index (χ0) is 17.1. The molecule has 5 heteroatoms. The van der Waals surface area contributed by atoms with Gasteiger partial charge in [-0.05, 0) is 49.8 Å². The highest BCUT2D eigenvalue weighted by atomic mass is 16.2. The third kappa shape index (κ3) is 3.46. The minimum absolute atomic E-state index is 0.0311. The van der Waals surface area contributed by atoms with Gasteiger partial charge in [0.15, 0.2) is 0 Å². The van der Waals surface area contributed by atoms with E-state index in [1.807, 2.05) is 23.2 Å². The predicted molar refractivity (Wildman–Crippen MR) is 95.0 cm³/mol. The first-order valence-corrected chi connectivity index (χ1v) is 8.90. The van der Waals surface area contributed by atoms with Crippen LogP contribution in [0.5, 0.6) is 0 Å². The van der Waals surface area contributed by atoms with Gasteiger partial charge in [-0.15, -0.1) is 6.58 Å². The van der Waals surface area contributed by atoms with E-state index >= 15 is 0 Å². The molecule has 2 aliphatic heterocycles. The van der Waals surface area contributed by atoms with Crippen molar-refractivity contribution in [2.45, 2.75) is 37.6 Å². The Morgan fingerprint density at radius 1 is 1.29 bits per heavy atom. The number of hydrogen-bond acceptors (Lipinski definition) is 3. The third-order valence-electron chi connectivity index (χ3n) is 5.42. The molecule has 0 aromatic carbocycles. The average Bonchev–Trinajstić information content (AvgIpc) is 3.05. The number of aromatic nitrogens is 1. The highest BCUT2D eigenvalue weighted by Gasteiger charge is 2.34. The largest absolute Gasteiger partial charge is 0.341 e. The van der Waals surface area contributed by atoms with Crippen LogP contribution in [0.1, 0.15) is 37.2 Å². The maximum Gasteiger partial charge on any atom is 0.250 e. The normalized spacial score (nSPS) is 22.7. The summed E-state index contributed by atoms with van der Waals surface area (Å²) < 4.78 is 1.59. The Morgan fingerprint density at radius 3 is 2.71 bits per heavy atom. The van der Waals surface area contributed by atoms with Crippen LogP contribution in [0.25, 0.3) is 0 Å². The molecule has 0 aliphatic carbocycles. The molecule has 3 heterocycles. The molecule has 2 aliphatic rings. The molecule has 1 amide bonds. The quantitative estimate of drug-likeness (QED) is 0.791. The Bertz CT molecular complexity index is 659. The first-order valence-electron chi connectivity index (χ1n) is 8.90. The van der Waals surface area contributed by atoms with Crippen LogP contribution in [0.2, 0.25) is 0 Å². The highest BCUT2D eigenvalue weighted by Crippen LogP contribution is 2.28. The SMILES string of the molecule is C=CCN1CCC[C@H]1C(=O)N1CCC(c2ccn(C)c(=O)c2)CC1. The van der Waals surface area contributed by atoms with Crippen molar-refractivity contribution < 1.29 is 4.79 Å². The fraction of sp³-hybridized carbons (Fsp3) is 0.579. The topological polar surface area (TPSA) is 45.6 Å². The lowest BCUT2D eigenvalue weighted by Gasteiger charge is -2.35. The molecule has 1 atom stereocenters. The van der Waals surface area contributed by atoms with Crippen LogP contribution in [0.4, 0.5) is 0 Å². The summed E-state index contributed by atoms with van der Waals surface area (Å²) in [6, 6.07) is 3.81. The van der Waals surface area contributed by atoms with Crippen LogP contribution in [-0.2, 0) is 11.8 Å². The number of amides is 1. The number of hydrogen-bond donors (Lipinski definition) is 0. The van der Waals surface area contributed by atoms with Crippen molar-refractivity contribution in [2.75, 3.05) is 26.2 Å². The molecule has 2 saturated heterocycles. The van der Waals surface area contributed by atoms with Gasteiger partial charge in [0.2, 0.25) is 5.91 Å². The summed E-state index contributed by atoms with van der Waals surface area (Å²) in [5.41, 5.74) is 1.15. The first kappa shape index (κ1) is 17.0. The summed E-state index contributed by atoms with van der Waals surface area (Å²) in [4.78, 5) is 28.9. The van der Waals surface area contributed by atoms with E-state index in [1.165, 1.54) is 0 Å². The average molecular weight is 329 g/mol. The van der Waals surface area contributed by atoms with Crippen LogP contribution in [0.15, 0.2) is 35.8 Å². The molecule has 1 aromatic rings. The van der Waals surface area contributed by atoms with E-state index in [4.69, 9.17) is 0 Å². The fourth-order valence-corrected chi connectivity index (χ4v) is 3.95. The standard InChI is InChI=1S/C19H27N3O2/c1-3-9-21-10-4-5-17(21)19(24)22-12-7-15(8-13-22)16-6-11-20(2)18(23)14-16/h3,6,11,14-15,17H,1,4-5,7-10,12-13H2,2H3/t17-/m0/s1. The van der Waals surface area contributed by atoms with E-state index < -0.39 is 0 Å². The molecule has 3 rings (SSSR count). The van der Waals surface area contributed by atoms with Crippen LogP contribution in [0, 0.1) is 0 Å². The first-order chi connectivity index (χ1) is 11.6. The Kier molecular flexibility index (Phi) is 5.19. The lowest BCUT2D eigenvalue weighted by Crippen LogP contribution is -2.48. The molecule has 0 spiro atoms. The molecule has 0 N–H and O–H groups in total. The van der Waals surface area contributed by atoms with Crippen LogP contribution < -0.4 is 5.56 Å². The van der Waals surface area contributed by atoms with Crippen molar-refractivity contribution in [3.63, 3.8) is 0 Å². The molecular formula is C19H27N3O2. The predicted octanol–water partition coefficient (Wildman–Crippen LogP) is 1.74. The number of carbonyl (C=O) groups is 1. The van der Waals surface area contributed by atoms with Gasteiger partial charge in [0.1, 0.15) is 0 Å². The van der Waals surface area contributed by atoms with E-state index in [0.29, 0.717) is 5.92 Å². The molecule has 0 bridgehead atoms. The summed E-state index contributed by atoms with van der Waals surface area (Å²) >= 11 is 0. The van der Waals surface area contributed by atoms with E-state index in [2.05, 4.69) is 11.5 Å². The van der Waals surface area contributed by atoms with Crippen molar-refractivity contribution in [3.8, 4) is 0 Å². The molecule has 1 aromatic heterocycles. The van der Waals surface area contributed by atoms with Crippen molar-refractivity contribution in [2.24, 2.45) is 7.05 Å². The fourth-order valence-electron chi connectivity index (χ4n) is 3.95. The molecule has 0 unspecified atom stereocenters. The van der Waals surface area contributed by atoms with Gasteiger partial charge in [-0.3, -0.25) is 14.5 Å². The summed E-state index contributed by atoms with van der Waals surface area (Å²) in [5.74, 6) is 0.660. The highest BCUT2D eigenvalue weighted by molar-refractivity contribution is 5.82. The van der Waals surface area contributed by atoms with Crippen LogP contribution in [-0.4, -0.2) is 52.5 Å². The zero-order valence-electron chi connectivity index (χ0n) is 14.5. The van der Waals surface area contributed by atoms with Gasteiger partial charge in [-0.2, -0.15) is 0 Å². The maximum absolute atomic E-state index is 12.8. The Morgan fingerprint density at radius 2 is 2.04 bits per heavy atom. The second-order valence-electron chi connectivity index (χ2n) is 6.95. The van der Waals surface area contributed by atoms with Crippen molar-refractivity contribution in [3.05, 3.63) is 46.9 Å². The minimum atomic E-state index is 0.0311. The van der Waals surface area contributed by atoms with E-state index in [-0.39, 0.29) is 17.5 Å². The second-order valence-corrected chi connectivity index (χ2v) is 6.95. The minimum Gasteiger partial charge on any atom is -0.341 e. The smallest absolute Gasteiger partial charge is 0.250 e. The monoisotopic (exact) mass is 329 g/mol. The second kappa shape index (κ2) is 7.34. The van der Waals surface area contributed by atoms with Crippen molar-refractivity contribution in [1.82, 2.24) is 14.4 Å². The molecule has 2 fully saturated rings. The van der Waals surface area contributed by atoms with Crippen LogP contribution >= 0.6 is 0 Å².